The fourth-order valence-corrected chi connectivity index (χ4v) is 7.06. The van der Waals surface area contributed by atoms with Gasteiger partial charge in [0.2, 0.25) is 0 Å². The molecule has 2 aromatic carbocycles. The Kier molecular flexibility index (Phi) is 7.30. The summed E-state index contributed by atoms with van der Waals surface area (Å²) in [6.45, 7) is 0.777. The molecule has 0 aliphatic heterocycles. The van der Waals surface area contributed by atoms with E-state index in [1.807, 2.05) is 41.9 Å². The molecule has 0 radical (unpaired) electrons. The Morgan fingerprint density at radius 1 is 1.16 bits per heavy atom. The van der Waals surface area contributed by atoms with Crippen LogP contribution in [-0.2, 0) is 16.2 Å². The van der Waals surface area contributed by atoms with Crippen LogP contribution in [0.4, 0.5) is 4.39 Å². The molecule has 0 saturated heterocycles. The van der Waals surface area contributed by atoms with Gasteiger partial charge in [-0.15, -0.1) is 0 Å². The number of carbonyl (C=O) groups excluding carboxylic acids is 1. The van der Waals surface area contributed by atoms with Gasteiger partial charge in [0.25, 0.3) is 0 Å². The number of aliphatic hydroxyl groups excluding tert-OH is 1. The van der Waals surface area contributed by atoms with Crippen LogP contribution in [-0.4, -0.2) is 37.1 Å². The van der Waals surface area contributed by atoms with E-state index in [9.17, 15) is 23.3 Å². The number of amides is 1. The number of hydroxylamine groups is 1. The van der Waals surface area contributed by atoms with Gasteiger partial charge >= 0.3 is 182 Å². The molecular weight excluding hydrogens is 468 g/mol. The number of nitrogens with one attached hydrogen (secondary N) is 1. The molecule has 0 aromatic heterocycles. The predicted molar refractivity (Wildman–Crippen MR) is 113 cm³/mol. The van der Waals surface area contributed by atoms with Crippen molar-refractivity contribution in [2.24, 2.45) is 0 Å². The third-order valence-corrected chi connectivity index (χ3v) is 9.59. The van der Waals surface area contributed by atoms with Crippen molar-refractivity contribution in [3.8, 4) is 0 Å². The summed E-state index contributed by atoms with van der Waals surface area (Å²) in [5.74, 6) is -1.03. The van der Waals surface area contributed by atoms with Crippen LogP contribution in [0.15, 0.2) is 66.7 Å². The minimum atomic E-state index is -5.23. The van der Waals surface area contributed by atoms with E-state index >= 15 is 0 Å². The summed E-state index contributed by atoms with van der Waals surface area (Å²) in [5, 5.41) is 19.4. The first-order valence-corrected chi connectivity index (χ1v) is 12.8. The van der Waals surface area contributed by atoms with Gasteiger partial charge in [0.05, 0.1) is 0 Å². The van der Waals surface area contributed by atoms with Crippen LogP contribution in [0.1, 0.15) is 30.9 Å². The van der Waals surface area contributed by atoms with E-state index in [-0.39, 0.29) is 19.4 Å². The molecule has 3 rings (SSSR count). The summed E-state index contributed by atoms with van der Waals surface area (Å²) in [4.78, 5) is 11.4. The maximum absolute atomic E-state index is 13.7. The fraction of sp³-hybridized carbons (Fsp3) is 0.227. The second-order valence-corrected chi connectivity index (χ2v) is 11.9. The monoisotopic (exact) mass is 491 g/mol. The Balaban J connectivity index is 2.18. The van der Waals surface area contributed by atoms with E-state index < -0.39 is 30.1 Å². The number of hydrogen-bond acceptors (Lipinski definition) is 6. The minimum absolute atomic E-state index is 0.0617. The predicted octanol–water partition coefficient (Wildman–Crippen LogP) is 3.75. The van der Waals surface area contributed by atoms with Crippen LogP contribution in [0.3, 0.4) is 0 Å². The van der Waals surface area contributed by atoms with Crippen molar-refractivity contribution >= 4 is 31.2 Å². The van der Waals surface area contributed by atoms with Crippen LogP contribution in [0.25, 0.3) is 11.1 Å². The van der Waals surface area contributed by atoms with Gasteiger partial charge in [-0.2, -0.15) is 0 Å². The second-order valence-electron chi connectivity index (χ2n) is 7.22. The van der Waals surface area contributed by atoms with Crippen molar-refractivity contribution in [2.75, 3.05) is 6.61 Å². The Labute approximate surface area is 182 Å². The third-order valence-electron chi connectivity index (χ3n) is 5.08. The number of aliphatic hydroxyl groups is 1. The zero-order valence-electron chi connectivity index (χ0n) is 16.8. The Bertz CT molecular complexity index is 1040. The third kappa shape index (κ3) is 5.06. The van der Waals surface area contributed by atoms with Crippen molar-refractivity contribution < 1.29 is 31.0 Å². The number of benzene rings is 2. The zero-order chi connectivity index (χ0) is 22.5. The van der Waals surface area contributed by atoms with E-state index in [0.717, 1.165) is 12.5 Å². The van der Waals surface area contributed by atoms with Crippen LogP contribution < -0.4 is 5.48 Å². The molecule has 2 aromatic rings. The molecule has 0 bridgehead atoms. The quantitative estimate of drug-likeness (QED) is 0.295. The maximum atomic E-state index is 13.7. The van der Waals surface area contributed by atoms with Gasteiger partial charge in [-0.1, -0.05) is 0 Å². The standard InChI is InChI=1S/C22H23AsFNO6/c1-16(27)25-30-23(28,31-29)22(11-12-26)14-19(17-5-3-2-4-6-17)13-20(15-22)18-7-9-21(24)10-8-18/h2-10,13-14,26,29H,11-12,15H2,1H3,(H,25,27). The average molecular weight is 491 g/mol. The van der Waals surface area contributed by atoms with Gasteiger partial charge in [-0.25, -0.2) is 0 Å². The average Bonchev–Trinajstić information content (AvgIpc) is 2.78. The summed E-state index contributed by atoms with van der Waals surface area (Å²) in [6, 6.07) is 15.0. The van der Waals surface area contributed by atoms with Crippen molar-refractivity contribution in [1.82, 2.24) is 5.48 Å². The Hall–Kier alpha value is -2.48. The second kappa shape index (κ2) is 9.76. The van der Waals surface area contributed by atoms with Gasteiger partial charge in [0, 0.05) is 0 Å². The van der Waals surface area contributed by atoms with E-state index in [1.54, 1.807) is 18.2 Å². The molecule has 1 amide bonds. The summed E-state index contributed by atoms with van der Waals surface area (Å²) in [6.07, 6.45) is 3.50. The summed E-state index contributed by atoms with van der Waals surface area (Å²) in [5.41, 5.74) is 4.80. The number of rotatable bonds is 8. The topological polar surface area (TPSA) is 105 Å². The molecule has 31 heavy (non-hydrogen) atoms. The van der Waals surface area contributed by atoms with Gasteiger partial charge in [0.1, 0.15) is 0 Å². The van der Waals surface area contributed by atoms with Gasteiger partial charge < -0.3 is 0 Å². The Morgan fingerprint density at radius 3 is 2.42 bits per heavy atom. The molecular formula is C22H23AsFNO6. The van der Waals surface area contributed by atoms with E-state index in [0.29, 0.717) is 16.7 Å². The SMILES string of the molecule is CC(=O)NO[As](=O)(OO)C1(CCO)C=C(c2ccccc2)C=C(c2ccc(F)cc2)C1. The number of halogens is 1. The summed E-state index contributed by atoms with van der Waals surface area (Å²) in [7, 11) is 0. The molecule has 0 spiro atoms. The van der Waals surface area contributed by atoms with Crippen molar-refractivity contribution in [1.29, 1.82) is 0 Å². The molecule has 0 fully saturated rings. The zero-order valence-corrected chi connectivity index (χ0v) is 18.7. The van der Waals surface area contributed by atoms with Crippen LogP contribution >= 0.6 is 0 Å². The van der Waals surface area contributed by atoms with E-state index in [4.69, 9.17) is 3.83 Å². The molecule has 0 saturated carbocycles. The summed E-state index contributed by atoms with van der Waals surface area (Å²) < 4.78 is 35.2. The Morgan fingerprint density at radius 2 is 1.84 bits per heavy atom. The first-order chi connectivity index (χ1) is 14.8. The molecule has 7 nitrogen and oxygen atoms in total. The molecule has 164 valence electrons. The molecule has 3 N–H and O–H groups in total. The van der Waals surface area contributed by atoms with Gasteiger partial charge in [0.15, 0.2) is 0 Å². The molecule has 9 heteroatoms. The molecule has 0 heterocycles. The number of hydrogen-bond donors (Lipinski definition) is 3. The van der Waals surface area contributed by atoms with Gasteiger partial charge in [-0.3, -0.25) is 0 Å². The first-order valence-electron chi connectivity index (χ1n) is 9.56. The van der Waals surface area contributed by atoms with E-state index in [1.165, 1.54) is 12.1 Å². The number of carbonyl (C=O) groups is 1. The normalized spacial score (nSPS) is 20.4. The van der Waals surface area contributed by atoms with Gasteiger partial charge in [-0.05, 0) is 0 Å². The van der Waals surface area contributed by atoms with E-state index in [2.05, 4.69) is 3.88 Å². The van der Waals surface area contributed by atoms with Crippen LogP contribution in [0, 0.1) is 5.82 Å². The fourth-order valence-electron chi connectivity index (χ4n) is 3.58. The van der Waals surface area contributed by atoms with Crippen LogP contribution in [0.5, 0.6) is 0 Å². The summed E-state index contributed by atoms with van der Waals surface area (Å²) >= 11 is -5.23. The van der Waals surface area contributed by atoms with Crippen molar-refractivity contribution in [3.05, 3.63) is 83.7 Å². The van der Waals surface area contributed by atoms with Crippen molar-refractivity contribution in [2.45, 2.75) is 24.0 Å². The number of allylic oxidation sites excluding steroid dienone is 4. The molecule has 1 aliphatic carbocycles. The molecule has 2 atom stereocenters. The van der Waals surface area contributed by atoms with Crippen LogP contribution in [0.2, 0.25) is 4.20 Å². The molecule has 1 aliphatic rings. The molecule has 2 unspecified atom stereocenters. The van der Waals surface area contributed by atoms with Crippen molar-refractivity contribution in [3.63, 3.8) is 0 Å². The first kappa shape index (κ1) is 23.2.